The van der Waals surface area contributed by atoms with Gasteiger partial charge < -0.3 is 15.2 Å². The van der Waals surface area contributed by atoms with Crippen molar-refractivity contribution < 1.29 is 15.0 Å². The van der Waals surface area contributed by atoms with Crippen molar-refractivity contribution in [2.75, 3.05) is 0 Å². The van der Waals surface area contributed by atoms with Crippen LogP contribution in [0.15, 0.2) is 30.6 Å². The number of aliphatic hydroxyl groups is 1. The van der Waals surface area contributed by atoms with E-state index < -0.39 is 12.1 Å². The van der Waals surface area contributed by atoms with Crippen LogP contribution < -0.4 is 0 Å². The van der Waals surface area contributed by atoms with Crippen LogP contribution >= 0.6 is 0 Å². The summed E-state index contributed by atoms with van der Waals surface area (Å²) < 4.78 is 0. The minimum atomic E-state index is -1.16. The predicted molar refractivity (Wildman–Crippen MR) is 74.8 cm³/mol. The van der Waals surface area contributed by atoms with E-state index in [-0.39, 0.29) is 16.8 Å². The number of hydrogen-bond donors (Lipinski definition) is 3. The molecule has 20 heavy (non-hydrogen) atoms. The number of aromatic amines is 1. The van der Waals surface area contributed by atoms with Gasteiger partial charge in [-0.05, 0) is 16.5 Å². The molecule has 1 unspecified atom stereocenters. The van der Waals surface area contributed by atoms with Gasteiger partial charge in [0.1, 0.15) is 6.10 Å². The first-order valence-corrected chi connectivity index (χ1v) is 6.36. The summed E-state index contributed by atoms with van der Waals surface area (Å²) in [6.07, 6.45) is 0.239. The molecule has 0 bridgehead atoms. The second-order valence-corrected chi connectivity index (χ2v) is 5.74. The highest BCUT2D eigenvalue weighted by atomic mass is 16.4. The van der Waals surface area contributed by atoms with E-state index >= 15 is 0 Å². The monoisotopic (exact) mass is 274 g/mol. The topological polar surface area (TPSA) is 86.2 Å². The van der Waals surface area contributed by atoms with Gasteiger partial charge in [-0.1, -0.05) is 45.0 Å². The Hall–Kier alpha value is -2.14. The molecule has 2 rings (SSSR count). The highest BCUT2D eigenvalue weighted by molar-refractivity contribution is 5.86. The Morgan fingerprint density at radius 1 is 1.25 bits per heavy atom. The molecule has 0 aliphatic carbocycles. The number of nitrogens with zero attached hydrogens (tertiary/aromatic N) is 1. The van der Waals surface area contributed by atoms with Gasteiger partial charge in [-0.15, -0.1) is 0 Å². The van der Waals surface area contributed by atoms with Crippen molar-refractivity contribution in [3.05, 3.63) is 53.1 Å². The molecule has 1 aromatic carbocycles. The largest absolute Gasteiger partial charge is 0.476 e. The molecule has 3 N–H and O–H groups in total. The van der Waals surface area contributed by atoms with E-state index in [1.807, 2.05) is 12.1 Å². The van der Waals surface area contributed by atoms with E-state index in [0.717, 1.165) is 5.56 Å². The van der Waals surface area contributed by atoms with Crippen molar-refractivity contribution in [1.29, 1.82) is 0 Å². The Morgan fingerprint density at radius 2 is 1.85 bits per heavy atom. The van der Waals surface area contributed by atoms with E-state index in [1.54, 1.807) is 12.1 Å². The third-order valence-corrected chi connectivity index (χ3v) is 3.24. The fourth-order valence-corrected chi connectivity index (χ4v) is 2.02. The van der Waals surface area contributed by atoms with Crippen molar-refractivity contribution in [2.45, 2.75) is 32.3 Å². The van der Waals surface area contributed by atoms with Crippen molar-refractivity contribution in [2.24, 2.45) is 0 Å². The molecule has 1 atom stereocenters. The molecule has 0 aliphatic heterocycles. The average molecular weight is 274 g/mol. The molecule has 5 nitrogen and oxygen atoms in total. The Balaban J connectivity index is 2.32. The van der Waals surface area contributed by atoms with Crippen LogP contribution in [-0.2, 0) is 5.41 Å². The molecule has 1 aromatic heterocycles. The lowest BCUT2D eigenvalue weighted by Crippen LogP contribution is -2.12. The molecule has 0 aliphatic rings. The second-order valence-electron chi connectivity index (χ2n) is 5.74. The smallest absolute Gasteiger partial charge is 0.356 e. The first-order valence-electron chi connectivity index (χ1n) is 6.36. The van der Waals surface area contributed by atoms with Gasteiger partial charge in [0.15, 0.2) is 5.69 Å². The number of aromatic carboxylic acids is 1. The summed E-state index contributed by atoms with van der Waals surface area (Å²) in [5, 5.41) is 19.3. The van der Waals surface area contributed by atoms with Crippen LogP contribution in [0.1, 0.15) is 54.2 Å². The maximum atomic E-state index is 11.0. The normalized spacial score (nSPS) is 13.2. The quantitative estimate of drug-likeness (QED) is 0.802. The number of hydrogen-bond acceptors (Lipinski definition) is 3. The van der Waals surface area contributed by atoms with E-state index in [4.69, 9.17) is 5.11 Å². The highest BCUT2D eigenvalue weighted by Gasteiger charge is 2.22. The summed E-state index contributed by atoms with van der Waals surface area (Å²) in [5.41, 5.74) is 1.85. The summed E-state index contributed by atoms with van der Waals surface area (Å²) >= 11 is 0. The summed E-state index contributed by atoms with van der Waals surface area (Å²) in [6.45, 7) is 6.32. The van der Waals surface area contributed by atoms with Gasteiger partial charge >= 0.3 is 5.97 Å². The number of imidazole rings is 1. The molecule has 1 heterocycles. The van der Waals surface area contributed by atoms with Gasteiger partial charge in [0.05, 0.1) is 12.0 Å². The van der Waals surface area contributed by atoms with Gasteiger partial charge in [-0.2, -0.15) is 0 Å². The van der Waals surface area contributed by atoms with Crippen molar-refractivity contribution >= 4 is 5.97 Å². The number of aliphatic hydroxyl groups excluding tert-OH is 1. The first-order chi connectivity index (χ1) is 9.30. The Morgan fingerprint density at radius 3 is 2.35 bits per heavy atom. The highest BCUT2D eigenvalue weighted by Crippen LogP contribution is 2.27. The Labute approximate surface area is 117 Å². The molecule has 0 amide bonds. The predicted octanol–water partition coefficient (Wildman–Crippen LogP) is 2.49. The van der Waals surface area contributed by atoms with Gasteiger partial charge in [0.2, 0.25) is 0 Å². The van der Waals surface area contributed by atoms with E-state index in [2.05, 4.69) is 30.7 Å². The molecule has 0 radical (unpaired) electrons. The fraction of sp³-hybridized carbons (Fsp3) is 0.333. The van der Waals surface area contributed by atoms with Gasteiger partial charge in [0.25, 0.3) is 0 Å². The zero-order chi connectivity index (χ0) is 14.9. The second kappa shape index (κ2) is 5.09. The zero-order valence-electron chi connectivity index (χ0n) is 11.7. The molecular formula is C15H18N2O3. The van der Waals surface area contributed by atoms with Gasteiger partial charge in [-0.3, -0.25) is 0 Å². The van der Waals surface area contributed by atoms with E-state index in [1.165, 1.54) is 6.33 Å². The lowest BCUT2D eigenvalue weighted by molar-refractivity contribution is 0.0685. The molecule has 2 aromatic rings. The SMILES string of the molecule is CC(C)(C)c1ccc(C(O)c2[nH]cnc2C(=O)O)cc1. The summed E-state index contributed by atoms with van der Waals surface area (Å²) in [7, 11) is 0. The minimum absolute atomic E-state index is 0.0314. The number of aromatic nitrogens is 2. The van der Waals surface area contributed by atoms with Crippen molar-refractivity contribution in [3.8, 4) is 0 Å². The number of rotatable bonds is 3. The van der Waals surface area contributed by atoms with Crippen LogP contribution in [0.2, 0.25) is 0 Å². The van der Waals surface area contributed by atoms with Crippen LogP contribution in [0.5, 0.6) is 0 Å². The van der Waals surface area contributed by atoms with Crippen LogP contribution in [-0.4, -0.2) is 26.2 Å². The number of carboxylic acids is 1. The number of benzene rings is 1. The van der Waals surface area contributed by atoms with Crippen LogP contribution in [0.4, 0.5) is 0 Å². The van der Waals surface area contributed by atoms with Crippen LogP contribution in [0, 0.1) is 0 Å². The minimum Gasteiger partial charge on any atom is -0.476 e. The Kier molecular flexibility index (Phi) is 3.63. The lowest BCUT2D eigenvalue weighted by Gasteiger charge is -2.20. The van der Waals surface area contributed by atoms with Crippen molar-refractivity contribution in [1.82, 2.24) is 9.97 Å². The molecule has 0 saturated carbocycles. The molecule has 5 heteroatoms. The molecule has 0 saturated heterocycles. The van der Waals surface area contributed by atoms with Gasteiger partial charge in [0, 0.05) is 0 Å². The summed E-state index contributed by atoms with van der Waals surface area (Å²) in [4.78, 5) is 17.4. The number of carboxylic acid groups (broad SMARTS) is 1. The van der Waals surface area contributed by atoms with E-state index in [9.17, 15) is 9.90 Å². The van der Waals surface area contributed by atoms with Crippen LogP contribution in [0.25, 0.3) is 0 Å². The maximum absolute atomic E-state index is 11.0. The molecule has 0 fully saturated rings. The summed E-state index contributed by atoms with van der Waals surface area (Å²) in [6, 6.07) is 7.49. The third kappa shape index (κ3) is 2.72. The fourth-order valence-electron chi connectivity index (χ4n) is 2.02. The maximum Gasteiger partial charge on any atom is 0.356 e. The first kappa shape index (κ1) is 14.3. The Bertz CT molecular complexity index is 609. The van der Waals surface area contributed by atoms with Gasteiger partial charge in [-0.25, -0.2) is 9.78 Å². The van der Waals surface area contributed by atoms with Crippen LogP contribution in [0.3, 0.4) is 0 Å². The zero-order valence-corrected chi connectivity index (χ0v) is 11.7. The van der Waals surface area contributed by atoms with Crippen molar-refractivity contribution in [3.63, 3.8) is 0 Å². The average Bonchev–Trinajstić information content (AvgIpc) is 2.86. The molecular weight excluding hydrogens is 256 g/mol. The van der Waals surface area contributed by atoms with E-state index in [0.29, 0.717) is 5.56 Å². The molecule has 0 spiro atoms. The standard InChI is InChI=1S/C15H18N2O3/c1-15(2,3)10-6-4-9(5-7-10)13(18)11-12(14(19)20)17-8-16-11/h4-8,13,18H,1-3H3,(H,16,17)(H,19,20). The molecule has 106 valence electrons. The third-order valence-electron chi connectivity index (χ3n) is 3.24. The number of carbonyl (C=O) groups is 1. The lowest BCUT2D eigenvalue weighted by atomic mass is 9.86. The number of H-pyrrole nitrogens is 1. The summed E-state index contributed by atoms with van der Waals surface area (Å²) in [5.74, 6) is -1.16. The number of nitrogens with one attached hydrogen (secondary N) is 1.